The summed E-state index contributed by atoms with van der Waals surface area (Å²) in [6, 6.07) is 1.49. The van der Waals surface area contributed by atoms with Crippen LogP contribution in [0.5, 0.6) is 0 Å². The highest BCUT2D eigenvalue weighted by Gasteiger charge is 2.24. The maximum atomic E-state index is 12.6. The molecule has 0 aliphatic carbocycles. The van der Waals surface area contributed by atoms with Gasteiger partial charge < -0.3 is 5.11 Å². The molecule has 1 atom stereocenters. The molecule has 0 aromatic carbocycles. The Morgan fingerprint density at radius 3 is 2.67 bits per heavy atom. The quantitative estimate of drug-likeness (QED) is 0.808. The van der Waals surface area contributed by atoms with Gasteiger partial charge in [-0.1, -0.05) is 39.0 Å². The molecule has 0 radical (unpaired) electrons. The van der Waals surface area contributed by atoms with Crippen LogP contribution in [0.1, 0.15) is 32.8 Å². The molecule has 0 amide bonds. The molecule has 116 valence electrons. The van der Waals surface area contributed by atoms with Crippen LogP contribution in [0.2, 0.25) is 0 Å². The van der Waals surface area contributed by atoms with Crippen molar-refractivity contribution in [2.45, 2.75) is 32.1 Å². The van der Waals surface area contributed by atoms with Crippen LogP contribution in [0.25, 0.3) is 0 Å². The highest BCUT2D eigenvalue weighted by Crippen LogP contribution is 2.18. The molecule has 1 heterocycles. The summed E-state index contributed by atoms with van der Waals surface area (Å²) in [5, 5.41) is 8.69. The van der Waals surface area contributed by atoms with Crippen molar-refractivity contribution in [1.82, 2.24) is 9.29 Å². The van der Waals surface area contributed by atoms with Crippen LogP contribution in [0.3, 0.4) is 0 Å². The zero-order chi connectivity index (χ0) is 15.9. The molecule has 1 aromatic rings. The number of nitrogens with zero attached hydrogens (tertiary/aromatic N) is 2. The fraction of sp³-hybridized carbons (Fsp3) is 0.533. The van der Waals surface area contributed by atoms with Crippen molar-refractivity contribution in [3.8, 4) is 11.8 Å². The topological polar surface area (TPSA) is 70.5 Å². The van der Waals surface area contributed by atoms with Crippen LogP contribution >= 0.6 is 0 Å². The summed E-state index contributed by atoms with van der Waals surface area (Å²) in [6.45, 7) is 6.52. The van der Waals surface area contributed by atoms with E-state index < -0.39 is 10.0 Å². The molecule has 0 spiro atoms. The average Bonchev–Trinajstić information content (AvgIpc) is 2.50. The average molecular weight is 310 g/mol. The van der Waals surface area contributed by atoms with Gasteiger partial charge in [-0.25, -0.2) is 8.42 Å². The first-order valence-corrected chi connectivity index (χ1v) is 8.44. The standard InChI is InChI=1S/C15H22N2O3S/c1-4-13(3)12-17(5-2)21(19,20)15-9-14(7-6-8-18)10-16-11-15/h9-11,13,18H,4-5,8,12H2,1-3H3. The van der Waals surface area contributed by atoms with Crippen LogP contribution in [0.4, 0.5) is 0 Å². The number of sulfonamides is 1. The Hall–Kier alpha value is -1.42. The van der Waals surface area contributed by atoms with E-state index in [1.54, 1.807) is 0 Å². The Bertz CT molecular complexity index is 617. The van der Waals surface area contributed by atoms with Gasteiger partial charge in [0.05, 0.1) is 0 Å². The van der Waals surface area contributed by atoms with Gasteiger partial charge in [0.25, 0.3) is 0 Å². The van der Waals surface area contributed by atoms with E-state index in [1.165, 1.54) is 22.8 Å². The van der Waals surface area contributed by atoms with E-state index >= 15 is 0 Å². The van der Waals surface area contributed by atoms with Gasteiger partial charge in [-0.15, -0.1) is 0 Å². The van der Waals surface area contributed by atoms with Crippen LogP contribution in [-0.2, 0) is 10.0 Å². The van der Waals surface area contributed by atoms with Gasteiger partial charge in [0.1, 0.15) is 11.5 Å². The van der Waals surface area contributed by atoms with Crippen molar-refractivity contribution in [2.24, 2.45) is 5.92 Å². The second-order valence-electron chi connectivity index (χ2n) is 4.84. The van der Waals surface area contributed by atoms with Gasteiger partial charge in [-0.05, 0) is 12.0 Å². The monoisotopic (exact) mass is 310 g/mol. The van der Waals surface area contributed by atoms with Crippen molar-refractivity contribution in [2.75, 3.05) is 19.7 Å². The van der Waals surface area contributed by atoms with Crippen LogP contribution in [0.15, 0.2) is 23.4 Å². The Labute approximate surface area is 127 Å². The zero-order valence-electron chi connectivity index (χ0n) is 12.7. The van der Waals surface area contributed by atoms with E-state index in [-0.39, 0.29) is 11.5 Å². The third-order valence-corrected chi connectivity index (χ3v) is 5.13. The van der Waals surface area contributed by atoms with Crippen LogP contribution < -0.4 is 0 Å². The van der Waals surface area contributed by atoms with E-state index in [4.69, 9.17) is 5.11 Å². The minimum absolute atomic E-state index is 0.136. The van der Waals surface area contributed by atoms with Gasteiger partial charge in [0.15, 0.2) is 0 Å². The largest absolute Gasteiger partial charge is 0.384 e. The van der Waals surface area contributed by atoms with E-state index in [9.17, 15) is 8.42 Å². The smallest absolute Gasteiger partial charge is 0.244 e. The number of hydrogen-bond donors (Lipinski definition) is 1. The Kier molecular flexibility index (Phi) is 6.82. The molecule has 0 fully saturated rings. The van der Waals surface area contributed by atoms with E-state index in [0.29, 0.717) is 24.6 Å². The molecule has 0 bridgehead atoms. The molecular weight excluding hydrogens is 288 g/mol. The molecule has 1 N–H and O–H groups in total. The molecule has 1 rings (SSSR count). The normalized spacial score (nSPS) is 12.8. The number of aromatic nitrogens is 1. The first kappa shape index (κ1) is 17.6. The summed E-state index contributed by atoms with van der Waals surface area (Å²) in [5.74, 6) is 5.45. The second-order valence-corrected chi connectivity index (χ2v) is 6.78. The Morgan fingerprint density at radius 2 is 2.10 bits per heavy atom. The van der Waals surface area contributed by atoms with Gasteiger partial charge >= 0.3 is 0 Å². The van der Waals surface area contributed by atoms with Gasteiger partial charge in [-0.2, -0.15) is 4.31 Å². The summed E-state index contributed by atoms with van der Waals surface area (Å²) in [4.78, 5) is 4.07. The second kappa shape index (κ2) is 8.13. The third kappa shape index (κ3) is 4.81. The molecular formula is C15H22N2O3S. The van der Waals surface area contributed by atoms with Gasteiger partial charge in [0.2, 0.25) is 10.0 Å². The Balaban J connectivity index is 3.10. The molecule has 0 saturated heterocycles. The summed E-state index contributed by atoms with van der Waals surface area (Å²) in [7, 11) is -3.56. The molecule has 21 heavy (non-hydrogen) atoms. The zero-order valence-corrected chi connectivity index (χ0v) is 13.5. The molecule has 1 aromatic heterocycles. The first-order chi connectivity index (χ1) is 9.95. The summed E-state index contributed by atoms with van der Waals surface area (Å²) in [5.41, 5.74) is 0.477. The van der Waals surface area contributed by atoms with Crippen LogP contribution in [-0.4, -0.2) is 42.5 Å². The van der Waals surface area contributed by atoms with Crippen molar-refractivity contribution in [3.63, 3.8) is 0 Å². The minimum atomic E-state index is -3.56. The summed E-state index contributed by atoms with van der Waals surface area (Å²) in [6.07, 6.45) is 3.73. The number of pyridine rings is 1. The molecule has 0 aliphatic heterocycles. The maximum Gasteiger partial charge on any atom is 0.244 e. The predicted octanol–water partition coefficient (Wildman–Crippen LogP) is 1.48. The fourth-order valence-electron chi connectivity index (χ4n) is 1.79. The van der Waals surface area contributed by atoms with Crippen molar-refractivity contribution >= 4 is 10.0 Å². The van der Waals surface area contributed by atoms with Crippen molar-refractivity contribution in [3.05, 3.63) is 24.0 Å². The molecule has 0 saturated carbocycles. The number of aliphatic hydroxyl groups is 1. The molecule has 1 unspecified atom stereocenters. The molecule has 5 nitrogen and oxygen atoms in total. The van der Waals surface area contributed by atoms with E-state index in [2.05, 4.69) is 16.8 Å². The predicted molar refractivity (Wildman–Crippen MR) is 82.1 cm³/mol. The lowest BCUT2D eigenvalue weighted by molar-refractivity contribution is 0.350. The van der Waals surface area contributed by atoms with Gasteiger partial charge in [0, 0.05) is 31.0 Å². The summed E-state index contributed by atoms with van der Waals surface area (Å²) < 4.78 is 26.7. The highest BCUT2D eigenvalue weighted by molar-refractivity contribution is 7.89. The van der Waals surface area contributed by atoms with E-state index in [1.807, 2.05) is 20.8 Å². The van der Waals surface area contributed by atoms with Crippen LogP contribution in [0, 0.1) is 17.8 Å². The number of aliphatic hydroxyl groups excluding tert-OH is 1. The highest BCUT2D eigenvalue weighted by atomic mass is 32.2. The number of hydrogen-bond acceptors (Lipinski definition) is 4. The SMILES string of the molecule is CCC(C)CN(CC)S(=O)(=O)c1cncc(C#CCO)c1. The third-order valence-electron chi connectivity index (χ3n) is 3.23. The lowest BCUT2D eigenvalue weighted by atomic mass is 10.1. The minimum Gasteiger partial charge on any atom is -0.384 e. The van der Waals surface area contributed by atoms with Crippen molar-refractivity contribution < 1.29 is 13.5 Å². The first-order valence-electron chi connectivity index (χ1n) is 7.00. The number of rotatable bonds is 6. The Morgan fingerprint density at radius 1 is 1.38 bits per heavy atom. The summed E-state index contributed by atoms with van der Waals surface area (Å²) >= 11 is 0. The maximum absolute atomic E-state index is 12.6. The molecule has 0 aliphatic rings. The lowest BCUT2D eigenvalue weighted by Gasteiger charge is -2.23. The molecule has 6 heteroatoms. The lowest BCUT2D eigenvalue weighted by Crippen LogP contribution is -2.34. The fourth-order valence-corrected chi connectivity index (χ4v) is 3.35. The van der Waals surface area contributed by atoms with E-state index in [0.717, 1.165) is 6.42 Å². The van der Waals surface area contributed by atoms with Gasteiger partial charge in [-0.3, -0.25) is 4.98 Å². The van der Waals surface area contributed by atoms with Crippen molar-refractivity contribution in [1.29, 1.82) is 0 Å².